The van der Waals surface area contributed by atoms with Gasteiger partial charge >= 0.3 is 6.18 Å². The minimum absolute atomic E-state index is 0.150. The first-order valence-corrected chi connectivity index (χ1v) is 13.3. The summed E-state index contributed by atoms with van der Waals surface area (Å²) in [5.41, 5.74) is 3.51. The van der Waals surface area contributed by atoms with E-state index in [1.807, 2.05) is 55.5 Å². The smallest absolute Gasteiger partial charge is 0.354 e. The van der Waals surface area contributed by atoms with Crippen LogP contribution in [-0.2, 0) is 0 Å². The van der Waals surface area contributed by atoms with E-state index in [1.165, 1.54) is 12.8 Å². The van der Waals surface area contributed by atoms with Gasteiger partial charge in [-0.3, -0.25) is 0 Å². The van der Waals surface area contributed by atoms with Crippen molar-refractivity contribution in [3.63, 3.8) is 0 Å². The molecule has 204 valence electrons. The Morgan fingerprint density at radius 3 is 2.31 bits per heavy atom. The van der Waals surface area contributed by atoms with Crippen molar-refractivity contribution in [1.29, 1.82) is 0 Å². The molecule has 0 spiro atoms. The third kappa shape index (κ3) is 8.15. The largest absolute Gasteiger partial charge is 0.415 e. The van der Waals surface area contributed by atoms with Gasteiger partial charge in [0.15, 0.2) is 0 Å². The number of aryl methyl sites for hydroxylation is 1. The molecule has 1 unspecified atom stereocenters. The standard InChI is InChI=1S/C31H30Cl2F3N3/c1-19-6-4-8-25(14-19)39-29(15-20(2)31(34,35)36)21(3)38-26-9-5-7-23(16-26)30(37-18-22-10-11-22)27-13-12-24(32)17-28(27)33/h4-9,12-17,22,30,37-39H,2-3,10-11,18H2,1H3/b29-15-. The van der Waals surface area contributed by atoms with Crippen LogP contribution in [0.1, 0.15) is 35.6 Å². The van der Waals surface area contributed by atoms with Crippen molar-refractivity contribution in [2.75, 3.05) is 17.2 Å². The fraction of sp³-hybridized carbons (Fsp3) is 0.226. The molecule has 0 saturated heterocycles. The molecule has 8 heteroatoms. The highest BCUT2D eigenvalue weighted by Crippen LogP contribution is 2.35. The Morgan fingerprint density at radius 1 is 0.974 bits per heavy atom. The molecule has 3 N–H and O–H groups in total. The van der Waals surface area contributed by atoms with Crippen LogP contribution < -0.4 is 16.0 Å². The maximum atomic E-state index is 13.3. The van der Waals surface area contributed by atoms with Gasteiger partial charge in [0, 0.05) is 21.4 Å². The van der Waals surface area contributed by atoms with Crippen molar-refractivity contribution >= 4 is 34.6 Å². The van der Waals surface area contributed by atoms with Gasteiger partial charge in [0.2, 0.25) is 0 Å². The molecular weight excluding hydrogens is 542 g/mol. The zero-order chi connectivity index (χ0) is 28.2. The van der Waals surface area contributed by atoms with Gasteiger partial charge in [-0.15, -0.1) is 0 Å². The molecule has 3 aromatic carbocycles. The SMILES string of the molecule is C=C(Nc1cccc(C(NCC2CC2)c2ccc(Cl)cc2Cl)c1)/C(=C/C(=C)C(F)(F)F)Nc1cccc(C)c1. The fourth-order valence-electron chi connectivity index (χ4n) is 4.12. The van der Waals surface area contributed by atoms with E-state index >= 15 is 0 Å². The summed E-state index contributed by atoms with van der Waals surface area (Å²) in [6, 6.07) is 20.2. The van der Waals surface area contributed by atoms with E-state index in [0.29, 0.717) is 27.3 Å². The molecule has 0 bridgehead atoms. The van der Waals surface area contributed by atoms with Crippen molar-refractivity contribution in [3.8, 4) is 0 Å². The molecule has 1 atom stereocenters. The van der Waals surface area contributed by atoms with E-state index in [4.69, 9.17) is 23.2 Å². The number of benzene rings is 3. The lowest BCUT2D eigenvalue weighted by molar-refractivity contribution is -0.0878. The van der Waals surface area contributed by atoms with E-state index in [1.54, 1.807) is 18.2 Å². The van der Waals surface area contributed by atoms with Crippen LogP contribution in [0.5, 0.6) is 0 Å². The van der Waals surface area contributed by atoms with Crippen LogP contribution in [0.4, 0.5) is 24.5 Å². The summed E-state index contributed by atoms with van der Waals surface area (Å²) in [6.07, 6.45) is -1.23. The molecule has 1 aliphatic carbocycles. The fourth-order valence-corrected chi connectivity index (χ4v) is 4.64. The lowest BCUT2D eigenvalue weighted by atomic mass is 9.97. The first-order chi connectivity index (χ1) is 18.5. The van der Waals surface area contributed by atoms with Gasteiger partial charge in [-0.25, -0.2) is 0 Å². The predicted molar refractivity (Wildman–Crippen MR) is 156 cm³/mol. The van der Waals surface area contributed by atoms with Gasteiger partial charge in [-0.1, -0.05) is 66.7 Å². The summed E-state index contributed by atoms with van der Waals surface area (Å²) in [5.74, 6) is 0.641. The van der Waals surface area contributed by atoms with Gasteiger partial charge in [0.25, 0.3) is 0 Å². The van der Waals surface area contributed by atoms with Crippen molar-refractivity contribution in [2.45, 2.75) is 32.0 Å². The molecular formula is C31H30Cl2F3N3. The summed E-state index contributed by atoms with van der Waals surface area (Å²) < 4.78 is 40.0. The number of hydrogen-bond donors (Lipinski definition) is 3. The number of allylic oxidation sites excluding steroid dienone is 2. The molecule has 0 heterocycles. The summed E-state index contributed by atoms with van der Waals surface area (Å²) >= 11 is 12.7. The van der Waals surface area contributed by atoms with Crippen LogP contribution in [0.15, 0.2) is 103 Å². The van der Waals surface area contributed by atoms with Crippen LogP contribution >= 0.6 is 23.2 Å². The molecule has 1 aliphatic rings. The normalized spacial score (nSPS) is 14.6. The summed E-state index contributed by atoms with van der Waals surface area (Å²) in [5, 5.41) is 10.9. The highest BCUT2D eigenvalue weighted by Gasteiger charge is 2.31. The lowest BCUT2D eigenvalue weighted by Crippen LogP contribution is -2.25. The molecule has 39 heavy (non-hydrogen) atoms. The number of rotatable bonds is 11. The maximum absolute atomic E-state index is 13.3. The van der Waals surface area contributed by atoms with Crippen LogP contribution in [0.2, 0.25) is 10.0 Å². The number of halogens is 5. The minimum atomic E-state index is -4.57. The molecule has 3 aromatic rings. The van der Waals surface area contributed by atoms with Crippen LogP contribution in [-0.4, -0.2) is 12.7 Å². The average molecular weight is 573 g/mol. The quantitative estimate of drug-likeness (QED) is 0.200. The Balaban J connectivity index is 1.61. The Hall–Kier alpha value is -3.19. The second-order valence-electron chi connectivity index (χ2n) is 9.75. The van der Waals surface area contributed by atoms with Gasteiger partial charge in [0.05, 0.1) is 23.0 Å². The Bertz CT molecular complexity index is 1390. The third-order valence-electron chi connectivity index (χ3n) is 6.40. The second kappa shape index (κ2) is 12.3. The van der Waals surface area contributed by atoms with Gasteiger partial charge in [0.1, 0.15) is 0 Å². The van der Waals surface area contributed by atoms with Crippen molar-refractivity contribution < 1.29 is 13.2 Å². The Labute approximate surface area is 237 Å². The molecule has 3 nitrogen and oxygen atoms in total. The van der Waals surface area contributed by atoms with Gasteiger partial charge in [-0.2, -0.15) is 13.2 Å². The number of nitrogens with one attached hydrogen (secondary N) is 3. The van der Waals surface area contributed by atoms with Gasteiger partial charge < -0.3 is 16.0 Å². The lowest BCUT2D eigenvalue weighted by Gasteiger charge is -2.23. The van der Waals surface area contributed by atoms with Gasteiger partial charge in [-0.05, 0) is 91.4 Å². The zero-order valence-corrected chi connectivity index (χ0v) is 23.0. The van der Waals surface area contributed by atoms with E-state index < -0.39 is 11.7 Å². The number of hydrogen-bond acceptors (Lipinski definition) is 3. The highest BCUT2D eigenvalue weighted by molar-refractivity contribution is 6.35. The Kier molecular flexibility index (Phi) is 9.11. The zero-order valence-electron chi connectivity index (χ0n) is 21.5. The molecule has 4 rings (SSSR count). The summed E-state index contributed by atoms with van der Waals surface area (Å²) in [4.78, 5) is 0. The summed E-state index contributed by atoms with van der Waals surface area (Å²) in [7, 11) is 0. The molecule has 0 radical (unpaired) electrons. The van der Waals surface area contributed by atoms with Crippen LogP contribution in [0.25, 0.3) is 0 Å². The molecule has 1 saturated carbocycles. The minimum Gasteiger partial charge on any atom is -0.354 e. The monoisotopic (exact) mass is 571 g/mol. The number of anilines is 2. The molecule has 0 aromatic heterocycles. The van der Waals surface area contributed by atoms with Crippen molar-refractivity contribution in [2.24, 2.45) is 5.92 Å². The average Bonchev–Trinajstić information content (AvgIpc) is 3.69. The molecule has 0 amide bonds. The van der Waals surface area contributed by atoms with E-state index in [9.17, 15) is 13.2 Å². The van der Waals surface area contributed by atoms with Crippen LogP contribution in [0.3, 0.4) is 0 Å². The van der Waals surface area contributed by atoms with Crippen molar-refractivity contribution in [3.05, 3.63) is 130 Å². The third-order valence-corrected chi connectivity index (χ3v) is 6.96. The highest BCUT2D eigenvalue weighted by atomic mass is 35.5. The maximum Gasteiger partial charge on any atom is 0.415 e. The molecule has 0 aliphatic heterocycles. The van der Waals surface area contributed by atoms with E-state index in [-0.39, 0.29) is 17.4 Å². The topological polar surface area (TPSA) is 36.1 Å². The second-order valence-corrected chi connectivity index (χ2v) is 10.6. The first-order valence-electron chi connectivity index (χ1n) is 12.6. The number of alkyl halides is 3. The summed E-state index contributed by atoms with van der Waals surface area (Å²) in [6.45, 7) is 9.98. The van der Waals surface area contributed by atoms with E-state index in [0.717, 1.165) is 29.3 Å². The predicted octanol–water partition coefficient (Wildman–Crippen LogP) is 9.43. The Morgan fingerprint density at radius 2 is 1.67 bits per heavy atom. The van der Waals surface area contributed by atoms with E-state index in [2.05, 4.69) is 29.1 Å². The first kappa shape index (κ1) is 28.8. The van der Waals surface area contributed by atoms with Crippen molar-refractivity contribution in [1.82, 2.24) is 5.32 Å². The molecule has 1 fully saturated rings. The van der Waals surface area contributed by atoms with Crippen LogP contribution in [0, 0.1) is 12.8 Å².